The van der Waals surface area contributed by atoms with Crippen LogP contribution in [0.2, 0.25) is 10.0 Å². The van der Waals surface area contributed by atoms with Crippen LogP contribution in [0.3, 0.4) is 0 Å². The van der Waals surface area contributed by atoms with Crippen LogP contribution in [0, 0.1) is 6.92 Å². The third-order valence-corrected chi connectivity index (χ3v) is 8.44. The molecule has 0 saturated carbocycles. The highest BCUT2D eigenvalue weighted by molar-refractivity contribution is 7.92. The fourth-order valence-electron chi connectivity index (χ4n) is 3.99. The number of amides is 2. The molecule has 0 radical (unpaired) electrons. The van der Waals surface area contributed by atoms with E-state index in [0.717, 1.165) is 4.31 Å². The number of hydrogen-bond acceptors (Lipinski definition) is 4. The van der Waals surface area contributed by atoms with Crippen LogP contribution < -0.4 is 9.62 Å². The highest BCUT2D eigenvalue weighted by Gasteiger charge is 2.34. The Morgan fingerprint density at radius 1 is 0.949 bits per heavy atom. The van der Waals surface area contributed by atoms with Gasteiger partial charge in [-0.1, -0.05) is 59.6 Å². The molecule has 3 aromatic rings. The lowest BCUT2D eigenvalue weighted by Crippen LogP contribution is -2.54. The molecule has 3 rings (SSSR count). The Morgan fingerprint density at radius 3 is 2.21 bits per heavy atom. The topological polar surface area (TPSA) is 86.8 Å². The number of carbonyl (C=O) groups is 2. The van der Waals surface area contributed by atoms with Crippen LogP contribution in [0.1, 0.15) is 38.8 Å². The molecule has 3 aromatic carbocycles. The van der Waals surface area contributed by atoms with E-state index < -0.39 is 34.1 Å². The molecule has 0 bridgehead atoms. The first kappa shape index (κ1) is 30.5. The second kappa shape index (κ2) is 12.4. The molecule has 0 heterocycles. The summed E-state index contributed by atoms with van der Waals surface area (Å²) in [4.78, 5) is 28.5. The van der Waals surface area contributed by atoms with Gasteiger partial charge in [-0.3, -0.25) is 13.9 Å². The second-order valence-electron chi connectivity index (χ2n) is 10.3. The molecule has 0 spiro atoms. The number of halogens is 2. The van der Waals surface area contributed by atoms with Gasteiger partial charge >= 0.3 is 0 Å². The van der Waals surface area contributed by atoms with Crippen molar-refractivity contribution in [1.82, 2.24) is 10.2 Å². The summed E-state index contributed by atoms with van der Waals surface area (Å²) < 4.78 is 28.8. The smallest absolute Gasteiger partial charge is 0.264 e. The molecular weight excluding hydrogens is 557 g/mol. The lowest BCUT2D eigenvalue weighted by atomic mass is 10.1. The molecule has 0 saturated heterocycles. The van der Waals surface area contributed by atoms with Gasteiger partial charge in [-0.15, -0.1) is 0 Å². The molecule has 0 aliphatic carbocycles. The lowest BCUT2D eigenvalue weighted by Gasteiger charge is -2.34. The van der Waals surface area contributed by atoms with Gasteiger partial charge in [-0.2, -0.15) is 0 Å². The van der Waals surface area contributed by atoms with Gasteiger partial charge in [0.15, 0.2) is 0 Å². The van der Waals surface area contributed by atoms with E-state index in [0.29, 0.717) is 21.2 Å². The first-order chi connectivity index (χ1) is 18.2. The molecule has 0 fully saturated rings. The number of carbonyl (C=O) groups excluding carboxylic acids is 2. The second-order valence-corrected chi connectivity index (χ2v) is 13.0. The number of hydrogen-bond donors (Lipinski definition) is 1. The SMILES string of the molecule is Cc1c(Cl)cccc1N(CC(=O)N(Cc1cccc(Cl)c1)[C@H](C)C(=O)NC(C)(C)C)S(=O)(=O)c1ccccc1. The van der Waals surface area contributed by atoms with Crippen molar-refractivity contribution < 1.29 is 18.0 Å². The Balaban J connectivity index is 2.07. The van der Waals surface area contributed by atoms with Crippen molar-refractivity contribution in [2.24, 2.45) is 0 Å². The molecule has 1 atom stereocenters. The highest BCUT2D eigenvalue weighted by atomic mass is 35.5. The Hall–Kier alpha value is -3.07. The molecule has 0 aliphatic rings. The summed E-state index contributed by atoms with van der Waals surface area (Å²) >= 11 is 12.5. The van der Waals surface area contributed by atoms with E-state index in [2.05, 4.69) is 5.32 Å². The van der Waals surface area contributed by atoms with E-state index in [1.54, 1.807) is 74.5 Å². The van der Waals surface area contributed by atoms with Gasteiger partial charge in [0.1, 0.15) is 12.6 Å². The molecule has 208 valence electrons. The minimum atomic E-state index is -4.17. The predicted molar refractivity (Wildman–Crippen MR) is 157 cm³/mol. The molecule has 0 aromatic heterocycles. The van der Waals surface area contributed by atoms with Crippen molar-refractivity contribution in [2.45, 2.75) is 57.6 Å². The largest absolute Gasteiger partial charge is 0.350 e. The molecule has 39 heavy (non-hydrogen) atoms. The first-order valence-electron chi connectivity index (χ1n) is 12.4. The summed E-state index contributed by atoms with van der Waals surface area (Å²) in [5.41, 5.74) is 0.944. The fourth-order valence-corrected chi connectivity index (χ4v) is 5.86. The fraction of sp³-hybridized carbons (Fsp3) is 0.310. The van der Waals surface area contributed by atoms with Crippen LogP contribution >= 0.6 is 23.2 Å². The molecule has 10 heteroatoms. The van der Waals surface area contributed by atoms with Crippen LogP contribution in [-0.4, -0.2) is 43.3 Å². The number of anilines is 1. The maximum Gasteiger partial charge on any atom is 0.264 e. The van der Waals surface area contributed by atoms with Crippen LogP contribution in [0.15, 0.2) is 77.7 Å². The van der Waals surface area contributed by atoms with E-state index in [9.17, 15) is 18.0 Å². The van der Waals surface area contributed by atoms with Gasteiger partial charge in [0.25, 0.3) is 10.0 Å². The van der Waals surface area contributed by atoms with Gasteiger partial charge in [0.2, 0.25) is 11.8 Å². The zero-order valence-electron chi connectivity index (χ0n) is 22.6. The van der Waals surface area contributed by atoms with Gasteiger partial charge in [-0.25, -0.2) is 8.42 Å². The summed E-state index contributed by atoms with van der Waals surface area (Å²) in [6.45, 7) is 8.34. The lowest BCUT2D eigenvalue weighted by molar-refractivity contribution is -0.140. The number of sulfonamides is 1. The Labute approximate surface area is 240 Å². The van der Waals surface area contributed by atoms with E-state index in [-0.39, 0.29) is 23.0 Å². The summed E-state index contributed by atoms with van der Waals surface area (Å²) in [5, 5.41) is 3.74. The van der Waals surface area contributed by atoms with Gasteiger partial charge in [0.05, 0.1) is 10.6 Å². The van der Waals surface area contributed by atoms with Gasteiger partial charge < -0.3 is 10.2 Å². The summed E-state index contributed by atoms with van der Waals surface area (Å²) in [6, 6.07) is 18.8. The number of nitrogens with zero attached hydrogens (tertiary/aromatic N) is 2. The molecule has 0 unspecified atom stereocenters. The van der Waals surface area contributed by atoms with Crippen molar-refractivity contribution in [3.8, 4) is 0 Å². The maximum absolute atomic E-state index is 14.0. The number of rotatable bonds is 9. The van der Waals surface area contributed by atoms with Crippen molar-refractivity contribution >= 4 is 50.7 Å². The van der Waals surface area contributed by atoms with Crippen LogP contribution in [0.25, 0.3) is 0 Å². The minimum Gasteiger partial charge on any atom is -0.350 e. The monoisotopic (exact) mass is 589 g/mol. The van der Waals surface area contributed by atoms with E-state index >= 15 is 0 Å². The minimum absolute atomic E-state index is 0.0251. The highest BCUT2D eigenvalue weighted by Crippen LogP contribution is 2.31. The predicted octanol–water partition coefficient (Wildman–Crippen LogP) is 5.83. The summed E-state index contributed by atoms with van der Waals surface area (Å²) in [5.74, 6) is -0.931. The first-order valence-corrected chi connectivity index (χ1v) is 14.6. The van der Waals surface area contributed by atoms with E-state index in [4.69, 9.17) is 23.2 Å². The molecule has 2 amide bonds. The Kier molecular flexibility index (Phi) is 9.69. The Bertz CT molecular complexity index is 1440. The van der Waals surface area contributed by atoms with Crippen LogP contribution in [0.4, 0.5) is 5.69 Å². The number of benzene rings is 3. The maximum atomic E-state index is 14.0. The third kappa shape index (κ3) is 7.75. The third-order valence-electron chi connectivity index (χ3n) is 6.03. The van der Waals surface area contributed by atoms with Crippen molar-refractivity contribution in [1.29, 1.82) is 0 Å². The van der Waals surface area contributed by atoms with Crippen molar-refractivity contribution in [3.05, 3.63) is 94.0 Å². The zero-order valence-corrected chi connectivity index (χ0v) is 24.9. The average Bonchev–Trinajstić information content (AvgIpc) is 2.86. The average molecular weight is 591 g/mol. The zero-order chi connectivity index (χ0) is 29.0. The standard InChI is InChI=1S/C29H33Cl2N3O4S/c1-20-25(31)15-10-16-26(20)34(39(37,38)24-13-7-6-8-14-24)19-27(35)33(18-22-11-9-12-23(30)17-22)21(2)28(36)32-29(3,4)5/h6-17,21H,18-19H2,1-5H3,(H,32,36)/t21-/m1/s1. The van der Waals surface area contributed by atoms with Crippen molar-refractivity contribution in [3.63, 3.8) is 0 Å². The van der Waals surface area contributed by atoms with Crippen LogP contribution in [0.5, 0.6) is 0 Å². The quantitative estimate of drug-likeness (QED) is 0.340. The number of nitrogens with one attached hydrogen (secondary N) is 1. The summed E-state index contributed by atoms with van der Waals surface area (Å²) in [7, 11) is -4.17. The van der Waals surface area contributed by atoms with E-state index in [1.807, 2.05) is 20.8 Å². The molecule has 0 aliphatic heterocycles. The molecule has 1 N–H and O–H groups in total. The summed E-state index contributed by atoms with van der Waals surface area (Å²) in [6.07, 6.45) is 0. The van der Waals surface area contributed by atoms with Crippen molar-refractivity contribution in [2.75, 3.05) is 10.8 Å². The Morgan fingerprint density at radius 2 is 1.59 bits per heavy atom. The van der Waals surface area contributed by atoms with E-state index in [1.165, 1.54) is 17.0 Å². The normalized spacial score (nSPS) is 12.5. The molecular formula is C29H33Cl2N3O4S. The molecule has 7 nitrogen and oxygen atoms in total. The van der Waals surface area contributed by atoms with Gasteiger partial charge in [0, 0.05) is 22.1 Å². The van der Waals surface area contributed by atoms with Crippen LogP contribution in [-0.2, 0) is 26.2 Å². The van der Waals surface area contributed by atoms with Gasteiger partial charge in [-0.05, 0) is 82.1 Å².